The zero-order valence-corrected chi connectivity index (χ0v) is 12.8. The minimum Gasteiger partial charge on any atom is -0.370 e. The number of nitrogens with one attached hydrogen (secondary N) is 1. The van der Waals surface area contributed by atoms with Gasteiger partial charge in [0.05, 0.1) is 0 Å². The van der Waals surface area contributed by atoms with E-state index in [1.54, 1.807) is 0 Å². The van der Waals surface area contributed by atoms with Gasteiger partial charge in [0.25, 0.3) is 0 Å². The summed E-state index contributed by atoms with van der Waals surface area (Å²) >= 11 is 0. The Balaban J connectivity index is 2.04. The van der Waals surface area contributed by atoms with Crippen molar-refractivity contribution in [2.75, 3.05) is 49.7 Å². The number of likely N-dealkylation sites (N-methyl/N-ethyl adjacent to an activating group) is 2. The summed E-state index contributed by atoms with van der Waals surface area (Å²) in [6, 6.07) is 2.57. The molecule has 1 aromatic rings. The highest BCUT2D eigenvalue weighted by molar-refractivity contribution is 5.52. The molecule has 112 valence electrons. The van der Waals surface area contributed by atoms with E-state index in [2.05, 4.69) is 46.1 Å². The third-order valence-corrected chi connectivity index (χ3v) is 3.83. The number of nitrogens with zero attached hydrogens (tertiary/aromatic N) is 4. The summed E-state index contributed by atoms with van der Waals surface area (Å²) < 4.78 is 0. The molecule has 0 saturated carbocycles. The van der Waals surface area contributed by atoms with Crippen molar-refractivity contribution in [1.82, 2.24) is 14.9 Å². The lowest BCUT2D eigenvalue weighted by Crippen LogP contribution is -2.37. The van der Waals surface area contributed by atoms with E-state index in [0.717, 1.165) is 31.1 Å². The van der Waals surface area contributed by atoms with E-state index < -0.39 is 0 Å². The van der Waals surface area contributed by atoms with Crippen LogP contribution in [0.1, 0.15) is 26.2 Å². The van der Waals surface area contributed by atoms with Gasteiger partial charge in [0.2, 0.25) is 5.95 Å². The largest absolute Gasteiger partial charge is 0.370 e. The molecule has 2 heterocycles. The number of likely N-dealkylation sites (tertiary alicyclic amines) is 1. The van der Waals surface area contributed by atoms with Crippen LogP contribution in [0, 0.1) is 0 Å². The number of hydrogen-bond acceptors (Lipinski definition) is 6. The van der Waals surface area contributed by atoms with Gasteiger partial charge in [0, 0.05) is 32.2 Å². The Morgan fingerprint density at radius 1 is 1.50 bits per heavy atom. The molecule has 1 aromatic heterocycles. The van der Waals surface area contributed by atoms with Crippen LogP contribution < -0.4 is 16.0 Å². The van der Waals surface area contributed by atoms with Crippen molar-refractivity contribution in [3.63, 3.8) is 0 Å². The number of nitrogen functional groups attached to an aromatic ring is 1. The molecule has 0 spiro atoms. The van der Waals surface area contributed by atoms with Crippen molar-refractivity contribution in [2.24, 2.45) is 0 Å². The SMILES string of the molecule is CCCNc1cc(N(C)CC2CCCN2C)nc(N)n1. The third kappa shape index (κ3) is 3.72. The second-order valence-corrected chi connectivity index (χ2v) is 5.55. The van der Waals surface area contributed by atoms with Crippen LogP contribution >= 0.6 is 0 Å². The van der Waals surface area contributed by atoms with Gasteiger partial charge in [-0.15, -0.1) is 0 Å². The molecule has 0 aliphatic carbocycles. The van der Waals surface area contributed by atoms with Gasteiger partial charge in [-0.3, -0.25) is 0 Å². The summed E-state index contributed by atoms with van der Waals surface area (Å²) in [4.78, 5) is 13.1. The number of anilines is 3. The summed E-state index contributed by atoms with van der Waals surface area (Å²) in [6.07, 6.45) is 3.59. The fourth-order valence-corrected chi connectivity index (χ4v) is 2.61. The number of hydrogen-bond donors (Lipinski definition) is 2. The van der Waals surface area contributed by atoms with Crippen LogP contribution in [0.2, 0.25) is 0 Å². The van der Waals surface area contributed by atoms with E-state index in [9.17, 15) is 0 Å². The maximum absolute atomic E-state index is 5.81. The van der Waals surface area contributed by atoms with Gasteiger partial charge in [-0.1, -0.05) is 6.92 Å². The lowest BCUT2D eigenvalue weighted by atomic mass is 10.2. The number of aromatic nitrogens is 2. The molecule has 1 unspecified atom stereocenters. The van der Waals surface area contributed by atoms with Crippen LogP contribution in [0.15, 0.2) is 6.07 Å². The maximum Gasteiger partial charge on any atom is 0.223 e. The van der Waals surface area contributed by atoms with Crippen molar-refractivity contribution in [3.8, 4) is 0 Å². The summed E-state index contributed by atoms with van der Waals surface area (Å²) in [5, 5.41) is 3.26. The minimum atomic E-state index is 0.327. The first-order chi connectivity index (χ1) is 9.60. The second kappa shape index (κ2) is 6.74. The highest BCUT2D eigenvalue weighted by Gasteiger charge is 2.22. The molecule has 20 heavy (non-hydrogen) atoms. The Kier molecular flexibility index (Phi) is 5.00. The van der Waals surface area contributed by atoms with Gasteiger partial charge in [-0.25, -0.2) is 0 Å². The van der Waals surface area contributed by atoms with Gasteiger partial charge in [-0.05, 0) is 32.9 Å². The van der Waals surface area contributed by atoms with E-state index in [-0.39, 0.29) is 0 Å². The van der Waals surface area contributed by atoms with Crippen molar-refractivity contribution >= 4 is 17.6 Å². The topological polar surface area (TPSA) is 70.3 Å². The molecular weight excluding hydrogens is 252 g/mol. The molecule has 1 aliphatic heterocycles. The molecule has 2 rings (SSSR count). The summed E-state index contributed by atoms with van der Waals surface area (Å²) in [5.41, 5.74) is 5.81. The Labute approximate surface area is 121 Å². The molecule has 3 N–H and O–H groups in total. The Hall–Kier alpha value is -1.56. The van der Waals surface area contributed by atoms with Gasteiger partial charge in [0.15, 0.2) is 0 Å². The quantitative estimate of drug-likeness (QED) is 0.820. The standard InChI is InChI=1S/C14H26N6/c1-4-7-16-12-9-13(18-14(15)17-12)20(3)10-11-6-5-8-19(11)2/h9,11H,4-8,10H2,1-3H3,(H3,15,16,17,18). The van der Waals surface area contributed by atoms with Crippen molar-refractivity contribution in [1.29, 1.82) is 0 Å². The minimum absolute atomic E-state index is 0.327. The van der Waals surface area contributed by atoms with Crippen molar-refractivity contribution in [2.45, 2.75) is 32.2 Å². The number of nitrogens with two attached hydrogens (primary N) is 1. The molecular formula is C14H26N6. The second-order valence-electron chi connectivity index (χ2n) is 5.55. The average Bonchev–Trinajstić information content (AvgIpc) is 2.81. The van der Waals surface area contributed by atoms with Crippen LogP contribution in [0.5, 0.6) is 0 Å². The van der Waals surface area contributed by atoms with E-state index in [0.29, 0.717) is 12.0 Å². The van der Waals surface area contributed by atoms with Gasteiger partial charge in [-0.2, -0.15) is 9.97 Å². The third-order valence-electron chi connectivity index (χ3n) is 3.83. The zero-order chi connectivity index (χ0) is 14.5. The van der Waals surface area contributed by atoms with Crippen LogP contribution in [-0.4, -0.2) is 54.6 Å². The Bertz CT molecular complexity index is 436. The summed E-state index contributed by atoms with van der Waals surface area (Å²) in [6.45, 7) is 5.18. The van der Waals surface area contributed by atoms with Crippen LogP contribution in [0.25, 0.3) is 0 Å². The fraction of sp³-hybridized carbons (Fsp3) is 0.714. The number of rotatable bonds is 6. The monoisotopic (exact) mass is 278 g/mol. The van der Waals surface area contributed by atoms with Gasteiger partial charge < -0.3 is 20.9 Å². The fourth-order valence-electron chi connectivity index (χ4n) is 2.61. The van der Waals surface area contributed by atoms with E-state index in [4.69, 9.17) is 5.73 Å². The van der Waals surface area contributed by atoms with Crippen LogP contribution in [0.3, 0.4) is 0 Å². The molecule has 0 bridgehead atoms. The first-order valence-corrected chi connectivity index (χ1v) is 7.40. The predicted molar refractivity (Wildman–Crippen MR) is 84.1 cm³/mol. The van der Waals surface area contributed by atoms with E-state index >= 15 is 0 Å². The summed E-state index contributed by atoms with van der Waals surface area (Å²) in [7, 11) is 4.26. The predicted octanol–water partition coefficient (Wildman–Crippen LogP) is 1.41. The normalized spacial score (nSPS) is 19.2. The smallest absolute Gasteiger partial charge is 0.223 e. The van der Waals surface area contributed by atoms with E-state index in [1.165, 1.54) is 19.4 Å². The molecule has 1 aliphatic rings. The molecule has 0 aromatic carbocycles. The van der Waals surface area contributed by atoms with Crippen LogP contribution in [0.4, 0.5) is 17.6 Å². The van der Waals surface area contributed by atoms with E-state index in [1.807, 2.05) is 6.07 Å². The molecule has 6 heteroatoms. The zero-order valence-electron chi connectivity index (χ0n) is 12.8. The molecule has 0 amide bonds. The first kappa shape index (κ1) is 14.8. The lowest BCUT2D eigenvalue weighted by Gasteiger charge is -2.26. The van der Waals surface area contributed by atoms with Crippen LogP contribution in [-0.2, 0) is 0 Å². The van der Waals surface area contributed by atoms with Crippen molar-refractivity contribution in [3.05, 3.63) is 6.07 Å². The maximum atomic E-state index is 5.81. The van der Waals surface area contributed by atoms with Gasteiger partial charge in [0.1, 0.15) is 11.6 Å². The van der Waals surface area contributed by atoms with Gasteiger partial charge >= 0.3 is 0 Å². The molecule has 1 atom stereocenters. The summed E-state index contributed by atoms with van der Waals surface area (Å²) in [5.74, 6) is 2.02. The lowest BCUT2D eigenvalue weighted by molar-refractivity contribution is 0.314. The highest BCUT2D eigenvalue weighted by Crippen LogP contribution is 2.20. The van der Waals surface area contributed by atoms with Crippen molar-refractivity contribution < 1.29 is 0 Å². The molecule has 0 radical (unpaired) electrons. The highest BCUT2D eigenvalue weighted by atomic mass is 15.2. The Morgan fingerprint density at radius 3 is 2.95 bits per heavy atom. The first-order valence-electron chi connectivity index (χ1n) is 7.40. The molecule has 1 saturated heterocycles. The average molecular weight is 278 g/mol. The molecule has 6 nitrogen and oxygen atoms in total. The Morgan fingerprint density at radius 2 is 2.30 bits per heavy atom. The molecule has 1 fully saturated rings.